The van der Waals surface area contributed by atoms with E-state index in [1.165, 1.54) is 32.7 Å². The smallest absolute Gasteiger partial charge is 0.340 e. The number of carbonyl (C=O) groups excluding carboxylic acids is 2. The van der Waals surface area contributed by atoms with Gasteiger partial charge in [-0.15, -0.1) is 0 Å². The van der Waals surface area contributed by atoms with Crippen molar-refractivity contribution in [2.45, 2.75) is 0 Å². The summed E-state index contributed by atoms with van der Waals surface area (Å²) in [5.74, 6) is -0.401. The average molecular weight is 351 g/mol. The number of carbonyl (C=O) groups is 2. The monoisotopic (exact) mass is 350 g/mol. The van der Waals surface area contributed by atoms with Gasteiger partial charge in [0.25, 0.3) is 5.91 Å². The number of amides is 1. The van der Waals surface area contributed by atoms with Gasteiger partial charge in [0.05, 0.1) is 30.5 Å². The van der Waals surface area contributed by atoms with Crippen molar-refractivity contribution in [1.82, 2.24) is 4.98 Å². The Morgan fingerprint density at radius 2 is 1.96 bits per heavy atom. The van der Waals surface area contributed by atoms with E-state index in [4.69, 9.17) is 25.8 Å². The molecule has 1 aromatic carbocycles. The molecule has 8 heteroatoms. The van der Waals surface area contributed by atoms with Gasteiger partial charge in [0.2, 0.25) is 0 Å². The molecule has 7 nitrogen and oxygen atoms in total. The highest BCUT2D eigenvalue weighted by atomic mass is 35.5. The van der Waals surface area contributed by atoms with Gasteiger partial charge in [0.1, 0.15) is 11.5 Å². The summed E-state index contributed by atoms with van der Waals surface area (Å²) in [5, 5.41) is 2.87. The number of methoxy groups -OCH3 is 2. The maximum atomic E-state index is 11.9. The van der Waals surface area contributed by atoms with Crippen LogP contribution < -0.4 is 14.8 Å². The summed E-state index contributed by atoms with van der Waals surface area (Å²) >= 11 is 6.03. The van der Waals surface area contributed by atoms with Gasteiger partial charge < -0.3 is 19.5 Å². The van der Waals surface area contributed by atoms with E-state index in [0.29, 0.717) is 22.2 Å². The van der Waals surface area contributed by atoms with Crippen LogP contribution in [0.5, 0.6) is 11.5 Å². The zero-order valence-electron chi connectivity index (χ0n) is 13.0. The van der Waals surface area contributed by atoms with Gasteiger partial charge in [0, 0.05) is 18.5 Å². The molecule has 0 radical (unpaired) electrons. The Balaban J connectivity index is 2.00. The third kappa shape index (κ3) is 4.36. The van der Waals surface area contributed by atoms with Crippen LogP contribution in [-0.4, -0.2) is 37.7 Å². The third-order valence-corrected chi connectivity index (χ3v) is 3.27. The van der Waals surface area contributed by atoms with Crippen molar-refractivity contribution < 1.29 is 23.8 Å². The summed E-state index contributed by atoms with van der Waals surface area (Å²) in [7, 11) is 2.91. The Hall–Kier alpha value is -2.80. The number of pyridine rings is 1. The fourth-order valence-corrected chi connectivity index (χ4v) is 2.08. The molecule has 0 atom stereocenters. The fraction of sp³-hybridized carbons (Fsp3) is 0.188. The van der Waals surface area contributed by atoms with Crippen LogP contribution in [0.1, 0.15) is 10.4 Å². The summed E-state index contributed by atoms with van der Waals surface area (Å²) in [6.07, 6.45) is 2.88. The number of nitrogens with zero attached hydrogens (tertiary/aromatic N) is 1. The van der Waals surface area contributed by atoms with Gasteiger partial charge in [-0.3, -0.25) is 9.78 Å². The summed E-state index contributed by atoms with van der Waals surface area (Å²) in [6, 6.07) is 6.17. The van der Waals surface area contributed by atoms with Crippen LogP contribution >= 0.6 is 11.6 Å². The summed E-state index contributed by atoms with van der Waals surface area (Å²) in [6.45, 7) is -0.458. The van der Waals surface area contributed by atoms with E-state index in [9.17, 15) is 9.59 Å². The Kier molecular flexibility index (Phi) is 5.97. The molecule has 0 fully saturated rings. The topological polar surface area (TPSA) is 86.8 Å². The summed E-state index contributed by atoms with van der Waals surface area (Å²) in [5.41, 5.74) is 0.598. The molecule has 0 saturated carbocycles. The number of halogens is 1. The molecule has 0 bridgehead atoms. The van der Waals surface area contributed by atoms with Crippen molar-refractivity contribution in [3.8, 4) is 11.5 Å². The van der Waals surface area contributed by atoms with Gasteiger partial charge in [-0.1, -0.05) is 11.6 Å². The second-order valence-corrected chi connectivity index (χ2v) is 4.96. The lowest BCUT2D eigenvalue weighted by atomic mass is 10.2. The highest BCUT2D eigenvalue weighted by Crippen LogP contribution is 2.35. The van der Waals surface area contributed by atoms with Crippen LogP contribution in [0.25, 0.3) is 0 Å². The van der Waals surface area contributed by atoms with Crippen molar-refractivity contribution in [2.24, 2.45) is 0 Å². The maximum Gasteiger partial charge on any atom is 0.340 e. The van der Waals surface area contributed by atoms with E-state index in [1.807, 2.05) is 0 Å². The van der Waals surface area contributed by atoms with Crippen molar-refractivity contribution in [2.75, 3.05) is 26.1 Å². The molecule has 0 saturated heterocycles. The molecule has 2 rings (SSSR count). The van der Waals surface area contributed by atoms with E-state index in [1.54, 1.807) is 18.2 Å². The quantitative estimate of drug-likeness (QED) is 0.806. The molecular formula is C16H15ClN2O5. The normalized spacial score (nSPS) is 9.96. The number of ether oxygens (including phenoxy) is 3. The minimum Gasteiger partial charge on any atom is -0.495 e. The Bertz CT molecular complexity index is 737. The SMILES string of the molecule is COc1cc(OC)c(NC(=O)COC(=O)c2cccnc2)cc1Cl. The van der Waals surface area contributed by atoms with Crippen molar-refractivity contribution in [1.29, 1.82) is 0 Å². The second kappa shape index (κ2) is 8.16. The summed E-state index contributed by atoms with van der Waals surface area (Å²) < 4.78 is 15.2. The molecule has 1 heterocycles. The van der Waals surface area contributed by atoms with Crippen LogP contribution in [0.3, 0.4) is 0 Å². The van der Waals surface area contributed by atoms with Crippen molar-refractivity contribution in [3.63, 3.8) is 0 Å². The minimum atomic E-state index is -0.641. The van der Waals surface area contributed by atoms with Gasteiger partial charge in [-0.2, -0.15) is 0 Å². The number of rotatable bonds is 6. The molecule has 126 valence electrons. The lowest BCUT2D eigenvalue weighted by Gasteiger charge is -2.13. The first-order chi connectivity index (χ1) is 11.5. The molecule has 24 heavy (non-hydrogen) atoms. The van der Waals surface area contributed by atoms with Gasteiger partial charge in [-0.05, 0) is 18.2 Å². The Labute approximate surface area is 143 Å². The predicted molar refractivity (Wildman–Crippen MR) is 87.7 cm³/mol. The maximum absolute atomic E-state index is 11.9. The number of anilines is 1. The molecule has 1 amide bonds. The molecular weight excluding hydrogens is 336 g/mol. The number of hydrogen-bond acceptors (Lipinski definition) is 6. The van der Waals surface area contributed by atoms with E-state index in [-0.39, 0.29) is 5.56 Å². The van der Waals surface area contributed by atoms with Crippen molar-refractivity contribution >= 4 is 29.2 Å². The zero-order valence-corrected chi connectivity index (χ0v) is 13.8. The molecule has 0 aliphatic carbocycles. The van der Waals surface area contributed by atoms with Crippen LogP contribution in [0.4, 0.5) is 5.69 Å². The highest BCUT2D eigenvalue weighted by molar-refractivity contribution is 6.32. The number of nitrogens with one attached hydrogen (secondary N) is 1. The molecule has 0 aliphatic heterocycles. The van der Waals surface area contributed by atoms with Crippen LogP contribution in [0, 0.1) is 0 Å². The van der Waals surface area contributed by atoms with Gasteiger partial charge in [0.15, 0.2) is 6.61 Å². The van der Waals surface area contributed by atoms with E-state index >= 15 is 0 Å². The van der Waals surface area contributed by atoms with Crippen LogP contribution in [0.2, 0.25) is 5.02 Å². The molecule has 0 spiro atoms. The lowest BCUT2D eigenvalue weighted by Crippen LogP contribution is -2.21. The molecule has 1 N–H and O–H groups in total. The molecule has 2 aromatic rings. The first-order valence-corrected chi connectivity index (χ1v) is 7.21. The minimum absolute atomic E-state index is 0.260. The third-order valence-electron chi connectivity index (χ3n) is 2.98. The number of aromatic nitrogens is 1. The second-order valence-electron chi connectivity index (χ2n) is 4.55. The zero-order chi connectivity index (χ0) is 17.5. The first-order valence-electron chi connectivity index (χ1n) is 6.83. The van der Waals surface area contributed by atoms with Gasteiger partial charge >= 0.3 is 5.97 Å². The fourth-order valence-electron chi connectivity index (χ4n) is 1.84. The first kappa shape index (κ1) is 17.6. The van der Waals surface area contributed by atoms with Crippen LogP contribution in [0.15, 0.2) is 36.7 Å². The van der Waals surface area contributed by atoms with E-state index in [2.05, 4.69) is 10.3 Å². The summed E-state index contributed by atoms with van der Waals surface area (Å²) in [4.78, 5) is 27.5. The lowest BCUT2D eigenvalue weighted by molar-refractivity contribution is -0.119. The van der Waals surface area contributed by atoms with E-state index < -0.39 is 18.5 Å². The van der Waals surface area contributed by atoms with Gasteiger partial charge in [-0.25, -0.2) is 4.79 Å². The Morgan fingerprint density at radius 3 is 2.58 bits per heavy atom. The van der Waals surface area contributed by atoms with E-state index in [0.717, 1.165) is 0 Å². The van der Waals surface area contributed by atoms with Crippen molar-refractivity contribution in [3.05, 3.63) is 47.2 Å². The molecule has 0 aliphatic rings. The molecule has 0 unspecified atom stereocenters. The standard InChI is InChI=1S/C16H15ClN2O5/c1-22-13-7-14(23-2)12(6-11(13)17)19-15(20)9-24-16(21)10-4-3-5-18-8-10/h3-8H,9H2,1-2H3,(H,19,20). The Morgan fingerprint density at radius 1 is 1.21 bits per heavy atom. The largest absolute Gasteiger partial charge is 0.495 e. The predicted octanol–water partition coefficient (Wildman–Crippen LogP) is 2.55. The van der Waals surface area contributed by atoms with Crippen LogP contribution in [-0.2, 0) is 9.53 Å². The number of esters is 1. The highest BCUT2D eigenvalue weighted by Gasteiger charge is 2.14. The molecule has 1 aromatic heterocycles. The number of hydrogen-bond donors (Lipinski definition) is 1. The average Bonchev–Trinajstić information content (AvgIpc) is 2.60. The number of benzene rings is 1.